The maximum atomic E-state index is 12.8. The summed E-state index contributed by atoms with van der Waals surface area (Å²) in [7, 11) is 0. The molecule has 1 aliphatic carbocycles. The van der Waals surface area contributed by atoms with E-state index in [2.05, 4.69) is 10.6 Å². The van der Waals surface area contributed by atoms with E-state index in [0.29, 0.717) is 6.54 Å². The Kier molecular flexibility index (Phi) is 4.71. The number of hydrogen-bond acceptors (Lipinski definition) is 2. The van der Waals surface area contributed by atoms with Crippen LogP contribution in [0.2, 0.25) is 0 Å². The Balaban J connectivity index is 1.69. The van der Waals surface area contributed by atoms with Gasteiger partial charge in [0.25, 0.3) is 0 Å². The molecule has 0 aromatic heterocycles. The summed E-state index contributed by atoms with van der Waals surface area (Å²) in [5.74, 6) is -0.299. The zero-order chi connectivity index (χ0) is 14.5. The Bertz CT molecular complexity index is 483. The van der Waals surface area contributed by atoms with Gasteiger partial charge in [0, 0.05) is 12.5 Å². The van der Waals surface area contributed by atoms with Crippen LogP contribution >= 0.6 is 0 Å². The summed E-state index contributed by atoms with van der Waals surface area (Å²) in [6.45, 7) is 2.44. The van der Waals surface area contributed by atoms with Gasteiger partial charge in [-0.25, -0.2) is 4.39 Å². The molecule has 0 spiro atoms. The Morgan fingerprint density at radius 2 is 1.90 bits per heavy atom. The van der Waals surface area contributed by atoms with Crippen molar-refractivity contribution in [1.82, 2.24) is 10.6 Å². The first-order valence-corrected chi connectivity index (χ1v) is 6.86. The maximum absolute atomic E-state index is 12.8. The number of rotatable bonds is 6. The van der Waals surface area contributed by atoms with Crippen LogP contribution in [0.25, 0.3) is 0 Å². The van der Waals surface area contributed by atoms with Crippen LogP contribution in [0.3, 0.4) is 0 Å². The van der Waals surface area contributed by atoms with Crippen molar-refractivity contribution in [3.05, 3.63) is 35.6 Å². The van der Waals surface area contributed by atoms with Gasteiger partial charge in [0.15, 0.2) is 0 Å². The van der Waals surface area contributed by atoms with E-state index in [1.807, 2.05) is 6.92 Å². The van der Waals surface area contributed by atoms with Crippen molar-refractivity contribution in [1.29, 1.82) is 0 Å². The van der Waals surface area contributed by atoms with Gasteiger partial charge in [-0.2, -0.15) is 0 Å². The van der Waals surface area contributed by atoms with E-state index < -0.39 is 0 Å². The minimum atomic E-state index is -0.271. The smallest absolute Gasteiger partial charge is 0.239 e. The minimum absolute atomic E-state index is 0.0193. The summed E-state index contributed by atoms with van der Waals surface area (Å²) in [5, 5.41) is 5.38. The van der Waals surface area contributed by atoms with Gasteiger partial charge in [-0.3, -0.25) is 9.59 Å². The van der Waals surface area contributed by atoms with Crippen LogP contribution in [-0.4, -0.2) is 24.9 Å². The molecule has 1 aliphatic rings. The normalized spacial score (nSPS) is 15.5. The number of hydrogen-bond donors (Lipinski definition) is 2. The molecular formula is C15H19FN2O2. The third-order valence-corrected chi connectivity index (χ3v) is 3.42. The lowest BCUT2D eigenvalue weighted by atomic mass is 10.0. The molecule has 2 rings (SSSR count). The van der Waals surface area contributed by atoms with Crippen molar-refractivity contribution < 1.29 is 14.0 Å². The van der Waals surface area contributed by atoms with Crippen LogP contribution in [0.4, 0.5) is 4.39 Å². The highest BCUT2D eigenvalue weighted by atomic mass is 19.1. The van der Waals surface area contributed by atoms with E-state index >= 15 is 0 Å². The number of benzene rings is 1. The minimum Gasteiger partial charge on any atom is -0.354 e. The Morgan fingerprint density at radius 1 is 1.25 bits per heavy atom. The molecule has 2 amide bonds. The van der Waals surface area contributed by atoms with E-state index in [1.54, 1.807) is 12.1 Å². The van der Waals surface area contributed by atoms with Crippen molar-refractivity contribution in [2.45, 2.75) is 25.7 Å². The largest absolute Gasteiger partial charge is 0.354 e. The van der Waals surface area contributed by atoms with E-state index in [1.165, 1.54) is 12.1 Å². The van der Waals surface area contributed by atoms with Crippen molar-refractivity contribution in [2.24, 2.45) is 5.92 Å². The molecule has 1 atom stereocenters. The van der Waals surface area contributed by atoms with Gasteiger partial charge in [0.05, 0.1) is 6.54 Å². The van der Waals surface area contributed by atoms with E-state index in [0.717, 1.165) is 18.4 Å². The highest BCUT2D eigenvalue weighted by Gasteiger charge is 2.29. The number of nitrogens with one attached hydrogen (secondary N) is 2. The number of amides is 2. The first kappa shape index (κ1) is 14.5. The fourth-order valence-electron chi connectivity index (χ4n) is 1.90. The maximum Gasteiger partial charge on any atom is 0.239 e. The van der Waals surface area contributed by atoms with Crippen molar-refractivity contribution >= 4 is 11.8 Å². The molecule has 0 bridgehead atoms. The Morgan fingerprint density at radius 3 is 2.50 bits per heavy atom. The topological polar surface area (TPSA) is 58.2 Å². The molecule has 1 aromatic rings. The first-order chi connectivity index (χ1) is 9.56. The number of carbonyl (C=O) groups excluding carboxylic acids is 2. The van der Waals surface area contributed by atoms with Crippen LogP contribution in [-0.2, 0) is 9.59 Å². The Labute approximate surface area is 117 Å². The summed E-state index contributed by atoms with van der Waals surface area (Å²) >= 11 is 0. The molecule has 0 saturated heterocycles. The molecule has 4 nitrogen and oxygen atoms in total. The van der Waals surface area contributed by atoms with E-state index in [9.17, 15) is 14.0 Å². The molecule has 20 heavy (non-hydrogen) atoms. The van der Waals surface area contributed by atoms with Crippen LogP contribution in [0.1, 0.15) is 31.2 Å². The van der Waals surface area contributed by atoms with E-state index in [-0.39, 0.29) is 36.0 Å². The average molecular weight is 278 g/mol. The molecular weight excluding hydrogens is 259 g/mol. The second kappa shape index (κ2) is 6.50. The molecule has 2 N–H and O–H groups in total. The van der Waals surface area contributed by atoms with Crippen LogP contribution in [0, 0.1) is 11.7 Å². The highest BCUT2D eigenvalue weighted by Crippen LogP contribution is 2.28. The van der Waals surface area contributed by atoms with Gasteiger partial charge in [0.2, 0.25) is 11.8 Å². The molecule has 0 radical (unpaired) electrons. The SMILES string of the molecule is CC(CNC(=O)CNC(=O)C1CC1)c1ccc(F)cc1. The zero-order valence-corrected chi connectivity index (χ0v) is 11.5. The van der Waals surface area contributed by atoms with Crippen LogP contribution in [0.5, 0.6) is 0 Å². The van der Waals surface area contributed by atoms with Gasteiger partial charge < -0.3 is 10.6 Å². The zero-order valence-electron chi connectivity index (χ0n) is 11.5. The van der Waals surface area contributed by atoms with Crippen molar-refractivity contribution in [2.75, 3.05) is 13.1 Å². The molecule has 1 aromatic carbocycles. The molecule has 1 saturated carbocycles. The molecule has 1 unspecified atom stereocenters. The lowest BCUT2D eigenvalue weighted by molar-refractivity contribution is -0.126. The fraction of sp³-hybridized carbons (Fsp3) is 0.467. The molecule has 0 heterocycles. The predicted octanol–water partition coefficient (Wildman–Crippen LogP) is 1.57. The first-order valence-electron chi connectivity index (χ1n) is 6.86. The summed E-state index contributed by atoms with van der Waals surface area (Å²) in [4.78, 5) is 23.0. The van der Waals surface area contributed by atoms with Crippen LogP contribution in [0.15, 0.2) is 24.3 Å². The third kappa shape index (κ3) is 4.33. The molecule has 1 fully saturated rings. The second-order valence-corrected chi connectivity index (χ2v) is 5.25. The molecule has 0 aliphatic heterocycles. The lowest BCUT2D eigenvalue weighted by Crippen LogP contribution is -2.38. The van der Waals surface area contributed by atoms with Gasteiger partial charge in [0.1, 0.15) is 5.82 Å². The number of halogens is 1. The highest BCUT2D eigenvalue weighted by molar-refractivity contribution is 5.86. The standard InChI is InChI=1S/C15H19FN2O2/c1-10(11-4-6-13(16)7-5-11)8-17-14(19)9-18-15(20)12-2-3-12/h4-7,10,12H,2-3,8-9H2,1H3,(H,17,19)(H,18,20). The third-order valence-electron chi connectivity index (χ3n) is 3.42. The summed E-state index contributed by atoms with van der Waals surface area (Å²) in [6.07, 6.45) is 1.85. The van der Waals surface area contributed by atoms with E-state index in [4.69, 9.17) is 0 Å². The Hall–Kier alpha value is -1.91. The fourth-order valence-corrected chi connectivity index (χ4v) is 1.90. The van der Waals surface area contributed by atoms with Gasteiger partial charge >= 0.3 is 0 Å². The predicted molar refractivity (Wildman–Crippen MR) is 73.6 cm³/mol. The molecule has 5 heteroatoms. The summed E-state index contributed by atoms with van der Waals surface area (Å²) in [5.41, 5.74) is 0.966. The van der Waals surface area contributed by atoms with Gasteiger partial charge in [-0.1, -0.05) is 19.1 Å². The lowest BCUT2D eigenvalue weighted by Gasteiger charge is -2.13. The second-order valence-electron chi connectivity index (χ2n) is 5.25. The number of carbonyl (C=O) groups is 2. The quantitative estimate of drug-likeness (QED) is 0.830. The van der Waals surface area contributed by atoms with Crippen molar-refractivity contribution in [3.63, 3.8) is 0 Å². The van der Waals surface area contributed by atoms with Gasteiger partial charge in [-0.05, 0) is 36.5 Å². The monoisotopic (exact) mass is 278 g/mol. The average Bonchev–Trinajstić information content (AvgIpc) is 3.27. The summed E-state index contributed by atoms with van der Waals surface area (Å²) in [6, 6.07) is 6.23. The molecule has 108 valence electrons. The van der Waals surface area contributed by atoms with Gasteiger partial charge in [-0.15, -0.1) is 0 Å². The summed E-state index contributed by atoms with van der Waals surface area (Å²) < 4.78 is 12.8. The van der Waals surface area contributed by atoms with Crippen molar-refractivity contribution in [3.8, 4) is 0 Å². The van der Waals surface area contributed by atoms with Crippen LogP contribution < -0.4 is 10.6 Å².